The molecule has 0 bridgehead atoms. The van der Waals surface area contributed by atoms with Crippen molar-refractivity contribution in [2.24, 2.45) is 10.5 Å². The Morgan fingerprint density at radius 2 is 2.07 bits per heavy atom. The van der Waals surface area contributed by atoms with Crippen LogP contribution in [-0.2, 0) is 4.74 Å². The topological polar surface area (TPSA) is 50.7 Å². The molecule has 1 aliphatic carbocycles. The van der Waals surface area contributed by atoms with Gasteiger partial charge in [0.25, 0.3) is 0 Å². The molecule has 1 fully saturated rings. The first-order valence-corrected chi connectivity index (χ1v) is 5.52. The number of hydrogen-bond acceptors (Lipinski definition) is 3. The molecule has 0 aromatic heterocycles. The van der Waals surface area contributed by atoms with E-state index in [4.69, 9.17) is 4.74 Å². The Bertz CT molecular complexity index is 247. The highest BCUT2D eigenvalue weighted by Gasteiger charge is 2.24. The zero-order valence-corrected chi connectivity index (χ0v) is 9.80. The lowest BCUT2D eigenvalue weighted by Gasteiger charge is -2.29. The molecule has 0 aromatic rings. The van der Waals surface area contributed by atoms with Crippen molar-refractivity contribution in [1.29, 1.82) is 0 Å². The number of nitrogens with zero attached hydrogens (tertiary/aromatic N) is 1. The average molecular weight is 212 g/mol. The molecule has 0 radical (unpaired) electrons. The van der Waals surface area contributed by atoms with Gasteiger partial charge in [0.1, 0.15) is 0 Å². The van der Waals surface area contributed by atoms with Gasteiger partial charge in [-0.25, -0.2) is 10.2 Å². The third-order valence-electron chi connectivity index (χ3n) is 2.76. The molecular formula is C11H20N2O2. The summed E-state index contributed by atoms with van der Waals surface area (Å²) in [7, 11) is 0. The number of carbonyl (C=O) groups is 1. The lowest BCUT2D eigenvalue weighted by molar-refractivity contribution is 0.152. The molecule has 0 saturated heterocycles. The SMILES string of the molecule is CCOC(=O)NN=C1CCC(C)(C)CC1. The first kappa shape index (κ1) is 12.0. The van der Waals surface area contributed by atoms with E-state index in [0.717, 1.165) is 31.4 Å². The first-order chi connectivity index (χ1) is 7.03. The number of ether oxygens (including phenoxy) is 1. The van der Waals surface area contributed by atoms with Crippen molar-refractivity contribution in [3.63, 3.8) is 0 Å². The summed E-state index contributed by atoms with van der Waals surface area (Å²) in [6.45, 7) is 6.69. The van der Waals surface area contributed by atoms with Crippen molar-refractivity contribution >= 4 is 11.8 Å². The van der Waals surface area contributed by atoms with Crippen LogP contribution in [0.2, 0.25) is 0 Å². The van der Waals surface area contributed by atoms with Gasteiger partial charge in [0.2, 0.25) is 0 Å². The van der Waals surface area contributed by atoms with Gasteiger partial charge in [-0.2, -0.15) is 5.10 Å². The van der Waals surface area contributed by atoms with Crippen LogP contribution in [0, 0.1) is 5.41 Å². The first-order valence-electron chi connectivity index (χ1n) is 5.52. The fourth-order valence-corrected chi connectivity index (χ4v) is 1.62. The Morgan fingerprint density at radius 3 is 2.60 bits per heavy atom. The predicted molar refractivity (Wildman–Crippen MR) is 59.8 cm³/mol. The van der Waals surface area contributed by atoms with Crippen molar-refractivity contribution in [2.45, 2.75) is 46.5 Å². The Kier molecular flexibility index (Phi) is 4.12. The quantitative estimate of drug-likeness (QED) is 0.715. The highest BCUT2D eigenvalue weighted by molar-refractivity contribution is 5.86. The summed E-state index contributed by atoms with van der Waals surface area (Å²) in [5, 5.41) is 4.06. The Labute approximate surface area is 91.1 Å². The smallest absolute Gasteiger partial charge is 0.427 e. The summed E-state index contributed by atoms with van der Waals surface area (Å²) < 4.78 is 4.72. The molecule has 15 heavy (non-hydrogen) atoms. The molecule has 1 saturated carbocycles. The normalized spacial score (nSPS) is 19.5. The second-order valence-electron chi connectivity index (χ2n) is 4.67. The fourth-order valence-electron chi connectivity index (χ4n) is 1.62. The van der Waals surface area contributed by atoms with E-state index in [1.807, 2.05) is 0 Å². The summed E-state index contributed by atoms with van der Waals surface area (Å²) in [5.41, 5.74) is 3.90. The van der Waals surface area contributed by atoms with Crippen molar-refractivity contribution in [2.75, 3.05) is 6.61 Å². The Balaban J connectivity index is 2.33. The van der Waals surface area contributed by atoms with Gasteiger partial charge in [0.05, 0.1) is 6.61 Å². The molecule has 86 valence electrons. The van der Waals surface area contributed by atoms with E-state index in [-0.39, 0.29) is 0 Å². The van der Waals surface area contributed by atoms with Gasteiger partial charge in [0, 0.05) is 5.71 Å². The molecule has 0 aromatic carbocycles. The van der Waals surface area contributed by atoms with Gasteiger partial charge < -0.3 is 4.74 Å². The number of nitrogens with one attached hydrogen (secondary N) is 1. The van der Waals surface area contributed by atoms with Crippen LogP contribution in [0.4, 0.5) is 4.79 Å². The van der Waals surface area contributed by atoms with E-state index >= 15 is 0 Å². The van der Waals surface area contributed by atoms with E-state index in [0.29, 0.717) is 12.0 Å². The van der Waals surface area contributed by atoms with Gasteiger partial charge in [0.15, 0.2) is 0 Å². The van der Waals surface area contributed by atoms with Gasteiger partial charge in [-0.1, -0.05) is 13.8 Å². The number of hydrazone groups is 1. The predicted octanol–water partition coefficient (Wildman–Crippen LogP) is 2.69. The minimum absolute atomic E-state index is 0.379. The molecule has 4 heteroatoms. The molecule has 0 aliphatic heterocycles. The van der Waals surface area contributed by atoms with Gasteiger partial charge in [-0.05, 0) is 38.0 Å². The number of amides is 1. The van der Waals surface area contributed by atoms with E-state index in [1.54, 1.807) is 6.92 Å². The van der Waals surface area contributed by atoms with Crippen molar-refractivity contribution in [1.82, 2.24) is 5.43 Å². The number of carbonyl (C=O) groups excluding carboxylic acids is 1. The second-order valence-corrected chi connectivity index (χ2v) is 4.67. The minimum Gasteiger partial charge on any atom is -0.449 e. The van der Waals surface area contributed by atoms with Crippen LogP contribution in [0.3, 0.4) is 0 Å². The molecule has 4 nitrogen and oxygen atoms in total. The molecule has 0 spiro atoms. The van der Waals surface area contributed by atoms with Crippen molar-refractivity contribution in [3.8, 4) is 0 Å². The molecule has 1 N–H and O–H groups in total. The summed E-state index contributed by atoms with van der Waals surface area (Å²) in [6.07, 6.45) is 3.75. The second kappa shape index (κ2) is 5.14. The van der Waals surface area contributed by atoms with E-state index < -0.39 is 6.09 Å². The third-order valence-corrected chi connectivity index (χ3v) is 2.76. The molecule has 0 unspecified atom stereocenters. The Morgan fingerprint density at radius 1 is 1.47 bits per heavy atom. The van der Waals surface area contributed by atoms with E-state index in [1.165, 1.54) is 0 Å². The van der Waals surface area contributed by atoms with Gasteiger partial charge in [-0.3, -0.25) is 0 Å². The summed E-state index contributed by atoms with van der Waals surface area (Å²) >= 11 is 0. The van der Waals surface area contributed by atoms with Crippen molar-refractivity contribution in [3.05, 3.63) is 0 Å². The van der Waals surface area contributed by atoms with Crippen LogP contribution in [0.1, 0.15) is 46.5 Å². The molecule has 1 aliphatic rings. The van der Waals surface area contributed by atoms with Gasteiger partial charge in [-0.15, -0.1) is 0 Å². The molecule has 1 rings (SSSR count). The van der Waals surface area contributed by atoms with Crippen LogP contribution in [0.25, 0.3) is 0 Å². The van der Waals surface area contributed by atoms with E-state index in [2.05, 4.69) is 24.4 Å². The maximum absolute atomic E-state index is 11.0. The summed E-state index contributed by atoms with van der Waals surface area (Å²) in [5.74, 6) is 0. The molecule has 1 amide bonds. The number of hydrogen-bond donors (Lipinski definition) is 1. The van der Waals surface area contributed by atoms with Crippen LogP contribution >= 0.6 is 0 Å². The standard InChI is InChI=1S/C11H20N2O2/c1-4-15-10(14)13-12-9-5-7-11(2,3)8-6-9/h4-8H2,1-3H3,(H,13,14). The highest BCUT2D eigenvalue weighted by atomic mass is 16.5. The largest absolute Gasteiger partial charge is 0.449 e. The summed E-state index contributed by atoms with van der Waals surface area (Å²) in [4.78, 5) is 11.0. The lowest BCUT2D eigenvalue weighted by Crippen LogP contribution is -2.25. The monoisotopic (exact) mass is 212 g/mol. The van der Waals surface area contributed by atoms with Crippen LogP contribution in [-0.4, -0.2) is 18.4 Å². The van der Waals surface area contributed by atoms with Crippen molar-refractivity contribution < 1.29 is 9.53 Å². The average Bonchev–Trinajstić information content (AvgIpc) is 2.17. The molecular weight excluding hydrogens is 192 g/mol. The highest BCUT2D eigenvalue weighted by Crippen LogP contribution is 2.33. The summed E-state index contributed by atoms with van der Waals surface area (Å²) in [6, 6.07) is 0. The van der Waals surface area contributed by atoms with Crippen LogP contribution in [0.15, 0.2) is 5.10 Å². The van der Waals surface area contributed by atoms with E-state index in [9.17, 15) is 4.79 Å². The van der Waals surface area contributed by atoms with Crippen LogP contribution < -0.4 is 5.43 Å². The molecule has 0 atom stereocenters. The van der Waals surface area contributed by atoms with Gasteiger partial charge >= 0.3 is 6.09 Å². The number of rotatable bonds is 2. The Hall–Kier alpha value is -1.06. The zero-order valence-electron chi connectivity index (χ0n) is 9.80. The molecule has 0 heterocycles. The maximum atomic E-state index is 11.0. The lowest BCUT2D eigenvalue weighted by atomic mass is 9.77. The zero-order chi connectivity index (χ0) is 11.3. The van der Waals surface area contributed by atoms with Crippen LogP contribution in [0.5, 0.6) is 0 Å². The fraction of sp³-hybridized carbons (Fsp3) is 0.818. The minimum atomic E-state index is -0.463. The maximum Gasteiger partial charge on any atom is 0.427 e. The third kappa shape index (κ3) is 4.32.